The van der Waals surface area contributed by atoms with Crippen LogP contribution in [0.5, 0.6) is 10.9 Å². The fraction of sp³-hybridized carbons (Fsp3) is 0.182. The number of nitrogens with zero attached hydrogens (tertiary/aromatic N) is 1. The van der Waals surface area contributed by atoms with Gasteiger partial charge in [-0.3, -0.25) is 4.72 Å². The van der Waals surface area contributed by atoms with Crippen LogP contribution in [0.25, 0.3) is 11.0 Å². The molecule has 0 unspecified atom stereocenters. The summed E-state index contributed by atoms with van der Waals surface area (Å²) in [6.45, 7) is 3.80. The van der Waals surface area contributed by atoms with Crippen LogP contribution in [0.4, 0.5) is 5.69 Å². The van der Waals surface area contributed by atoms with Crippen LogP contribution in [0.3, 0.4) is 0 Å². The van der Waals surface area contributed by atoms with E-state index in [4.69, 9.17) is 9.15 Å². The quantitative estimate of drug-likeness (QED) is 0.285. The molecule has 0 atom stereocenters. The van der Waals surface area contributed by atoms with Crippen molar-refractivity contribution in [1.29, 1.82) is 0 Å². The Morgan fingerprint density at radius 3 is 2.70 bits per heavy atom. The minimum atomic E-state index is -3.63. The van der Waals surface area contributed by atoms with Crippen LogP contribution in [0, 0.1) is 13.8 Å². The average molecular weight is 512 g/mol. The number of aromatic nitrogens is 1. The van der Waals surface area contributed by atoms with E-state index in [1.165, 1.54) is 18.4 Å². The molecule has 2 aromatic heterocycles. The van der Waals surface area contributed by atoms with Crippen molar-refractivity contribution in [2.75, 3.05) is 11.8 Å². The van der Waals surface area contributed by atoms with E-state index >= 15 is 0 Å². The van der Waals surface area contributed by atoms with E-state index in [-0.39, 0.29) is 52.8 Å². The molecule has 0 amide bonds. The topological polar surface area (TPSA) is 111 Å². The second kappa shape index (κ2) is 10.8. The maximum atomic E-state index is 12.8. The summed E-state index contributed by atoms with van der Waals surface area (Å²) >= 11 is 1.38. The van der Waals surface area contributed by atoms with Gasteiger partial charge in [0.15, 0.2) is 0 Å². The van der Waals surface area contributed by atoms with E-state index in [9.17, 15) is 13.2 Å². The van der Waals surface area contributed by atoms with Gasteiger partial charge in [-0.05, 0) is 48.7 Å². The normalized spacial score (nSPS) is 11.2. The van der Waals surface area contributed by atoms with Gasteiger partial charge < -0.3 is 10.6 Å². The Balaban J connectivity index is 0.00000204. The molecule has 0 saturated carbocycles. The summed E-state index contributed by atoms with van der Waals surface area (Å²) in [5, 5.41) is 3.15. The van der Waals surface area contributed by atoms with Crippen LogP contribution in [-0.2, 0) is 16.6 Å². The van der Waals surface area contributed by atoms with Gasteiger partial charge in [-0.1, -0.05) is 23.5 Å². The van der Waals surface area contributed by atoms with Crippen molar-refractivity contribution in [3.05, 3.63) is 80.6 Å². The molecule has 168 valence electrons. The van der Waals surface area contributed by atoms with Gasteiger partial charge in [-0.15, -0.1) is 0 Å². The number of nitrogens with one attached hydrogen (secondary N) is 2. The van der Waals surface area contributed by atoms with Gasteiger partial charge in [-0.2, -0.15) is 8.42 Å². The van der Waals surface area contributed by atoms with Crippen molar-refractivity contribution in [3.63, 3.8) is 0 Å². The minimum Gasteiger partial charge on any atom is -1.00 e. The van der Waals surface area contributed by atoms with Gasteiger partial charge >= 0.3 is 57.0 Å². The second-order valence-electron chi connectivity index (χ2n) is 7.19. The molecule has 4 rings (SSSR count). The molecule has 2 N–H and O–H groups in total. The first-order valence-electron chi connectivity index (χ1n) is 9.70. The standard InChI is InChI=1S/C22H21N3O5S2.K.H/c1-13-9-17-14(2)18(11-15-5-4-6-16(10-15)25-32(27,28)23-3)21(26)29-20(17)12-19(13)30-22-24-7-8-31-22;;/h4-10,12,23,25H,11H2,1-3H3;;/q;+1;-1. The predicted octanol–water partition coefficient (Wildman–Crippen LogP) is 1.24. The molecule has 0 radical (unpaired) electrons. The molecule has 33 heavy (non-hydrogen) atoms. The summed E-state index contributed by atoms with van der Waals surface area (Å²) in [6, 6.07) is 10.5. The van der Waals surface area contributed by atoms with Crippen molar-refractivity contribution in [2.45, 2.75) is 20.3 Å². The summed E-state index contributed by atoms with van der Waals surface area (Å²) in [4.78, 5) is 16.9. The summed E-state index contributed by atoms with van der Waals surface area (Å²) in [7, 11) is -2.31. The fourth-order valence-corrected chi connectivity index (χ4v) is 4.39. The molecule has 0 saturated heterocycles. The number of benzene rings is 2. The van der Waals surface area contributed by atoms with Crippen LogP contribution in [0.15, 0.2) is 57.2 Å². The molecule has 8 nitrogen and oxygen atoms in total. The molecular weight excluding hydrogens is 489 g/mol. The third-order valence-corrected chi connectivity index (χ3v) is 6.71. The van der Waals surface area contributed by atoms with E-state index in [0.717, 1.165) is 22.1 Å². The third kappa shape index (κ3) is 6.11. The molecular formula is C22H22KN3O5S2. The molecule has 0 aliphatic heterocycles. The smallest absolute Gasteiger partial charge is 1.00 e. The minimum absolute atomic E-state index is 0. The average Bonchev–Trinajstić information content (AvgIpc) is 3.26. The number of aryl methyl sites for hydroxylation is 2. The Morgan fingerprint density at radius 1 is 1.21 bits per heavy atom. The molecule has 0 aliphatic rings. The number of fused-ring (bicyclic) bond motifs is 1. The van der Waals surface area contributed by atoms with Crippen molar-refractivity contribution in [2.24, 2.45) is 0 Å². The molecule has 0 aliphatic carbocycles. The summed E-state index contributed by atoms with van der Waals surface area (Å²) < 4.78 is 39.6. The van der Waals surface area contributed by atoms with Gasteiger partial charge in [0.25, 0.3) is 15.4 Å². The largest absolute Gasteiger partial charge is 1.00 e. The summed E-state index contributed by atoms with van der Waals surface area (Å²) in [5.74, 6) is 0.576. The first kappa shape index (κ1) is 26.0. The number of rotatable bonds is 7. The number of ether oxygens (including phenoxy) is 1. The van der Waals surface area contributed by atoms with Gasteiger partial charge in [0.1, 0.15) is 11.3 Å². The van der Waals surface area contributed by atoms with E-state index in [0.29, 0.717) is 34.2 Å². The van der Waals surface area contributed by atoms with Crippen molar-refractivity contribution < 1.29 is 70.4 Å². The van der Waals surface area contributed by atoms with Crippen LogP contribution >= 0.6 is 11.3 Å². The van der Waals surface area contributed by atoms with Gasteiger partial charge in [0.2, 0.25) is 0 Å². The molecule has 2 heterocycles. The zero-order valence-electron chi connectivity index (χ0n) is 19.6. The monoisotopic (exact) mass is 511 g/mol. The maximum Gasteiger partial charge on any atom is 1.00 e. The van der Waals surface area contributed by atoms with E-state index in [1.54, 1.807) is 30.5 Å². The number of anilines is 1. The summed E-state index contributed by atoms with van der Waals surface area (Å²) in [5.41, 5.74) is 3.37. The van der Waals surface area contributed by atoms with Crippen molar-refractivity contribution in [3.8, 4) is 10.9 Å². The first-order valence-corrected chi connectivity index (χ1v) is 12.1. The molecule has 0 spiro atoms. The van der Waals surface area contributed by atoms with Crippen molar-refractivity contribution in [1.82, 2.24) is 9.71 Å². The molecule has 11 heteroatoms. The summed E-state index contributed by atoms with van der Waals surface area (Å²) in [6.07, 6.45) is 1.96. The van der Waals surface area contributed by atoms with Gasteiger partial charge in [0, 0.05) is 42.1 Å². The zero-order chi connectivity index (χ0) is 22.9. The van der Waals surface area contributed by atoms with E-state index < -0.39 is 15.8 Å². The number of thiazole rings is 1. The predicted molar refractivity (Wildman–Crippen MR) is 126 cm³/mol. The number of hydrogen-bond donors (Lipinski definition) is 2. The van der Waals surface area contributed by atoms with Crippen LogP contribution in [0.2, 0.25) is 0 Å². The van der Waals surface area contributed by atoms with Crippen LogP contribution in [-0.4, -0.2) is 20.4 Å². The van der Waals surface area contributed by atoms with Gasteiger partial charge in [0.05, 0.1) is 5.69 Å². The Hall–Kier alpha value is -1.57. The Labute approximate surface area is 239 Å². The van der Waals surface area contributed by atoms with Crippen LogP contribution in [0.1, 0.15) is 23.7 Å². The molecule has 2 aromatic carbocycles. The van der Waals surface area contributed by atoms with E-state index in [2.05, 4.69) is 14.4 Å². The zero-order valence-corrected chi connectivity index (χ0v) is 23.4. The second-order valence-corrected chi connectivity index (χ2v) is 9.67. The Bertz CT molecular complexity index is 1460. The first-order chi connectivity index (χ1) is 15.3. The maximum absolute atomic E-state index is 12.8. The molecule has 4 aromatic rings. The third-order valence-electron chi connectivity index (χ3n) is 5.02. The van der Waals surface area contributed by atoms with Gasteiger partial charge in [-0.25, -0.2) is 14.5 Å². The SMILES string of the molecule is CNS(=O)(=O)Nc1cccc(Cc2c(C)c3cc(C)c(Oc4nccs4)cc3oc2=O)c1.[H-].[K+]. The molecule has 0 bridgehead atoms. The Morgan fingerprint density at radius 2 is 2.00 bits per heavy atom. The number of hydrogen-bond acceptors (Lipinski definition) is 7. The Kier molecular flexibility index (Phi) is 8.51. The fourth-order valence-electron chi connectivity index (χ4n) is 3.35. The van der Waals surface area contributed by atoms with Crippen molar-refractivity contribution >= 4 is 38.2 Å². The van der Waals surface area contributed by atoms with E-state index in [1.807, 2.05) is 31.4 Å². The molecule has 0 fully saturated rings. The van der Waals surface area contributed by atoms with Crippen LogP contribution < -0.4 is 71.2 Å².